The third kappa shape index (κ3) is 6.29. The van der Waals surface area contributed by atoms with E-state index in [1.54, 1.807) is 50.2 Å². The summed E-state index contributed by atoms with van der Waals surface area (Å²) in [4.78, 5) is 12.2. The van der Waals surface area contributed by atoms with E-state index >= 15 is 0 Å². The maximum absolute atomic E-state index is 12.2. The van der Waals surface area contributed by atoms with Crippen molar-refractivity contribution in [2.75, 3.05) is 0 Å². The number of hydrogen-bond acceptors (Lipinski definition) is 3. The second kappa shape index (κ2) is 8.86. The van der Waals surface area contributed by atoms with E-state index in [2.05, 4.69) is 10.0 Å². The van der Waals surface area contributed by atoms with Gasteiger partial charge in [-0.15, -0.1) is 0 Å². The smallest absolute Gasteiger partial charge is 0.253 e. The highest BCUT2D eigenvalue weighted by Gasteiger charge is 2.13. The predicted molar refractivity (Wildman–Crippen MR) is 105 cm³/mol. The van der Waals surface area contributed by atoms with Crippen LogP contribution in [0, 0.1) is 0 Å². The van der Waals surface area contributed by atoms with Gasteiger partial charge in [0.2, 0.25) is 10.0 Å². The van der Waals surface area contributed by atoms with Crippen LogP contribution in [0.25, 0.3) is 0 Å². The molecule has 0 heterocycles. The van der Waals surface area contributed by atoms with Crippen molar-refractivity contribution in [3.05, 3.63) is 69.2 Å². The van der Waals surface area contributed by atoms with Gasteiger partial charge in [0.15, 0.2) is 0 Å². The molecule has 0 aliphatic rings. The molecule has 26 heavy (non-hydrogen) atoms. The lowest BCUT2D eigenvalue weighted by atomic mass is 10.1. The number of halogens is 2. The Hall–Kier alpha value is -1.60. The summed E-state index contributed by atoms with van der Waals surface area (Å²) in [7, 11) is -3.36. The van der Waals surface area contributed by atoms with E-state index in [0.717, 1.165) is 5.56 Å². The normalized spacial score (nSPS) is 11.6. The zero-order valence-electron chi connectivity index (χ0n) is 14.4. The van der Waals surface area contributed by atoms with E-state index in [0.29, 0.717) is 22.7 Å². The summed E-state index contributed by atoms with van der Waals surface area (Å²) in [6.07, 6.45) is 0. The third-order valence-corrected chi connectivity index (χ3v) is 5.52. The van der Waals surface area contributed by atoms with Crippen molar-refractivity contribution in [3.8, 4) is 0 Å². The SMILES string of the molecule is CC(C)NS(=O)(=O)Cc1ccc(CNC(=O)c2ccc(Cl)cc2Cl)cc1. The van der Waals surface area contributed by atoms with Gasteiger partial charge in [-0.2, -0.15) is 0 Å². The number of rotatable bonds is 7. The average Bonchev–Trinajstić information content (AvgIpc) is 2.52. The Labute approximate surface area is 163 Å². The van der Waals surface area contributed by atoms with Crippen molar-refractivity contribution in [2.45, 2.75) is 32.2 Å². The molecular weight excluding hydrogens is 395 g/mol. The molecule has 0 radical (unpaired) electrons. The summed E-state index contributed by atoms with van der Waals surface area (Å²) < 4.78 is 26.4. The van der Waals surface area contributed by atoms with E-state index < -0.39 is 10.0 Å². The Morgan fingerprint density at radius 1 is 1.04 bits per heavy atom. The fraction of sp³-hybridized carbons (Fsp3) is 0.278. The van der Waals surface area contributed by atoms with E-state index in [-0.39, 0.29) is 22.7 Å². The van der Waals surface area contributed by atoms with Gasteiger partial charge in [-0.3, -0.25) is 4.79 Å². The molecule has 0 saturated carbocycles. The van der Waals surface area contributed by atoms with Gasteiger partial charge in [-0.25, -0.2) is 13.1 Å². The highest BCUT2D eigenvalue weighted by atomic mass is 35.5. The van der Waals surface area contributed by atoms with Crippen LogP contribution in [0.5, 0.6) is 0 Å². The molecule has 2 aromatic rings. The molecule has 0 unspecified atom stereocenters. The molecule has 0 aromatic heterocycles. The van der Waals surface area contributed by atoms with Crippen LogP contribution in [0.1, 0.15) is 35.3 Å². The molecule has 8 heteroatoms. The van der Waals surface area contributed by atoms with Gasteiger partial charge in [0.1, 0.15) is 0 Å². The second-order valence-corrected chi connectivity index (χ2v) is 8.75. The molecule has 0 atom stereocenters. The van der Waals surface area contributed by atoms with Crippen molar-refractivity contribution < 1.29 is 13.2 Å². The van der Waals surface area contributed by atoms with Crippen LogP contribution in [-0.2, 0) is 22.3 Å². The van der Waals surface area contributed by atoms with Gasteiger partial charge >= 0.3 is 0 Å². The molecule has 0 aliphatic heterocycles. The zero-order chi connectivity index (χ0) is 19.3. The van der Waals surface area contributed by atoms with Crippen molar-refractivity contribution in [1.82, 2.24) is 10.0 Å². The highest BCUT2D eigenvalue weighted by Crippen LogP contribution is 2.21. The Morgan fingerprint density at radius 2 is 1.65 bits per heavy atom. The molecule has 140 valence electrons. The monoisotopic (exact) mass is 414 g/mol. The molecule has 5 nitrogen and oxygen atoms in total. The summed E-state index contributed by atoms with van der Waals surface area (Å²) in [6, 6.07) is 11.6. The van der Waals surface area contributed by atoms with Gasteiger partial charge in [0.05, 0.1) is 16.3 Å². The first kappa shape index (κ1) is 20.7. The fourth-order valence-electron chi connectivity index (χ4n) is 2.32. The minimum atomic E-state index is -3.36. The molecule has 2 rings (SSSR count). The molecule has 0 aliphatic carbocycles. The van der Waals surface area contributed by atoms with Gasteiger partial charge in [-0.1, -0.05) is 47.5 Å². The third-order valence-electron chi connectivity index (χ3n) is 3.42. The number of nitrogens with one attached hydrogen (secondary N) is 2. The fourth-order valence-corrected chi connectivity index (χ4v) is 4.25. The van der Waals surface area contributed by atoms with Gasteiger partial charge in [0, 0.05) is 17.6 Å². The van der Waals surface area contributed by atoms with Crippen molar-refractivity contribution in [2.24, 2.45) is 0 Å². The molecule has 1 amide bonds. The molecule has 0 saturated heterocycles. The van der Waals surface area contributed by atoms with Crippen molar-refractivity contribution in [3.63, 3.8) is 0 Å². The molecule has 2 N–H and O–H groups in total. The summed E-state index contributed by atoms with van der Waals surface area (Å²) in [5.74, 6) is -0.391. The molecule has 0 bridgehead atoms. The van der Waals surface area contributed by atoms with Gasteiger partial charge in [-0.05, 0) is 43.2 Å². The van der Waals surface area contributed by atoms with Crippen molar-refractivity contribution >= 4 is 39.1 Å². The number of benzene rings is 2. The number of sulfonamides is 1. The lowest BCUT2D eigenvalue weighted by Gasteiger charge is -2.10. The largest absolute Gasteiger partial charge is 0.348 e. The summed E-state index contributed by atoms with van der Waals surface area (Å²) >= 11 is 11.8. The average molecular weight is 415 g/mol. The molecule has 0 spiro atoms. The summed E-state index contributed by atoms with van der Waals surface area (Å²) in [6.45, 7) is 3.85. The first-order valence-corrected chi connectivity index (χ1v) is 10.4. The Kier molecular flexibility index (Phi) is 7.06. The highest BCUT2D eigenvalue weighted by molar-refractivity contribution is 7.88. The second-order valence-electron chi connectivity index (χ2n) is 6.15. The molecule has 0 fully saturated rings. The first-order chi connectivity index (χ1) is 12.2. The van der Waals surface area contributed by atoms with Crippen molar-refractivity contribution in [1.29, 1.82) is 0 Å². The molecule has 2 aromatic carbocycles. The number of carbonyl (C=O) groups is 1. The van der Waals surface area contributed by atoms with Crippen LogP contribution < -0.4 is 10.0 Å². The predicted octanol–water partition coefficient (Wildman–Crippen LogP) is 3.75. The first-order valence-electron chi connectivity index (χ1n) is 7.97. The number of amides is 1. The summed E-state index contributed by atoms with van der Waals surface area (Å²) in [5.41, 5.74) is 1.87. The maximum Gasteiger partial charge on any atom is 0.253 e. The standard InChI is InChI=1S/C18H20Cl2N2O3S/c1-12(2)22-26(24,25)11-14-5-3-13(4-6-14)10-21-18(23)16-8-7-15(19)9-17(16)20/h3-9,12,22H,10-11H2,1-2H3,(H,21,23). The summed E-state index contributed by atoms with van der Waals surface area (Å²) in [5, 5.41) is 3.52. The van der Waals surface area contributed by atoms with Gasteiger partial charge < -0.3 is 5.32 Å². The molecular formula is C18H20Cl2N2O3S. The van der Waals surface area contributed by atoms with E-state index in [1.807, 2.05) is 0 Å². The van der Waals surface area contributed by atoms with Crippen LogP contribution in [0.2, 0.25) is 10.0 Å². The quantitative estimate of drug-likeness (QED) is 0.723. The number of carbonyl (C=O) groups excluding carboxylic acids is 1. The Balaban J connectivity index is 1.96. The Bertz CT molecular complexity index is 882. The minimum absolute atomic E-state index is 0.0851. The van der Waals surface area contributed by atoms with Crippen LogP contribution in [0.3, 0.4) is 0 Å². The van der Waals surface area contributed by atoms with Crippen LogP contribution >= 0.6 is 23.2 Å². The van der Waals surface area contributed by atoms with Crippen LogP contribution in [0.15, 0.2) is 42.5 Å². The lowest BCUT2D eigenvalue weighted by molar-refractivity contribution is 0.0951. The van der Waals surface area contributed by atoms with E-state index in [9.17, 15) is 13.2 Å². The minimum Gasteiger partial charge on any atom is -0.348 e. The van der Waals surface area contributed by atoms with E-state index in [4.69, 9.17) is 23.2 Å². The maximum atomic E-state index is 12.2. The topological polar surface area (TPSA) is 75.3 Å². The lowest BCUT2D eigenvalue weighted by Crippen LogP contribution is -2.31. The number of hydrogen-bond donors (Lipinski definition) is 2. The van der Waals surface area contributed by atoms with Crippen LogP contribution in [-0.4, -0.2) is 20.4 Å². The van der Waals surface area contributed by atoms with Gasteiger partial charge in [0.25, 0.3) is 5.91 Å². The van der Waals surface area contributed by atoms with E-state index in [1.165, 1.54) is 6.07 Å². The Morgan fingerprint density at radius 3 is 2.23 bits per heavy atom. The zero-order valence-corrected chi connectivity index (χ0v) is 16.8. The van der Waals surface area contributed by atoms with Crippen LogP contribution in [0.4, 0.5) is 0 Å².